The van der Waals surface area contributed by atoms with Gasteiger partial charge in [0.05, 0.1) is 21.8 Å². The Kier molecular flexibility index (Phi) is 4.42. The fraction of sp³-hybridized carbons (Fsp3) is 0.417. The predicted octanol–water partition coefficient (Wildman–Crippen LogP) is 3.31. The first-order valence-electron chi connectivity index (χ1n) is 5.24. The summed E-state index contributed by atoms with van der Waals surface area (Å²) in [5.74, 6) is -0.276. The van der Waals surface area contributed by atoms with E-state index in [0.717, 1.165) is 0 Å². The summed E-state index contributed by atoms with van der Waals surface area (Å²) < 4.78 is 0. The fourth-order valence-electron chi connectivity index (χ4n) is 1.20. The van der Waals surface area contributed by atoms with Crippen LogP contribution >= 0.6 is 23.2 Å². The van der Waals surface area contributed by atoms with E-state index >= 15 is 0 Å². The van der Waals surface area contributed by atoms with Gasteiger partial charge in [-0.2, -0.15) is 0 Å². The number of amides is 1. The third kappa shape index (κ3) is 3.60. The maximum atomic E-state index is 11.9. The Morgan fingerprint density at radius 2 is 1.94 bits per heavy atom. The van der Waals surface area contributed by atoms with Gasteiger partial charge in [-0.15, -0.1) is 0 Å². The third-order valence-electron chi connectivity index (χ3n) is 2.42. The number of nitrogens with two attached hydrogens (primary N) is 1. The van der Waals surface area contributed by atoms with E-state index in [1.54, 1.807) is 18.2 Å². The van der Waals surface area contributed by atoms with Gasteiger partial charge >= 0.3 is 0 Å². The summed E-state index contributed by atoms with van der Waals surface area (Å²) >= 11 is 11.8. The molecule has 1 aromatic rings. The van der Waals surface area contributed by atoms with Crippen LogP contribution in [0.2, 0.25) is 10.0 Å². The minimum absolute atomic E-state index is 0.276. The number of carbonyl (C=O) groups is 1. The number of rotatable bonds is 2. The molecule has 5 heteroatoms. The lowest BCUT2D eigenvalue weighted by atomic mass is 9.87. The van der Waals surface area contributed by atoms with Gasteiger partial charge in [0.25, 0.3) is 0 Å². The number of anilines is 1. The number of halogens is 2. The first kappa shape index (κ1) is 14.3. The Balaban J connectivity index is 2.86. The summed E-state index contributed by atoms with van der Waals surface area (Å²) in [5, 5.41) is 3.40. The SMILES string of the molecule is CC(C)(C)[C@H](N)C(=O)Nc1cccc(Cl)c1Cl. The quantitative estimate of drug-likeness (QED) is 0.870. The normalized spacial score (nSPS) is 13.3. The molecular formula is C12H16Cl2N2O. The zero-order valence-corrected chi connectivity index (χ0v) is 11.6. The summed E-state index contributed by atoms with van der Waals surface area (Å²) in [4.78, 5) is 11.9. The van der Waals surface area contributed by atoms with Crippen molar-refractivity contribution in [2.75, 3.05) is 5.32 Å². The predicted molar refractivity (Wildman–Crippen MR) is 72.5 cm³/mol. The molecule has 0 radical (unpaired) electrons. The van der Waals surface area contributed by atoms with Gasteiger partial charge in [-0.1, -0.05) is 50.0 Å². The molecule has 0 unspecified atom stereocenters. The summed E-state index contributed by atoms with van der Waals surface area (Å²) in [7, 11) is 0. The maximum Gasteiger partial charge on any atom is 0.241 e. The molecule has 0 aliphatic carbocycles. The Morgan fingerprint density at radius 1 is 1.35 bits per heavy atom. The van der Waals surface area contributed by atoms with Crippen LogP contribution in [0, 0.1) is 5.41 Å². The molecule has 0 saturated heterocycles. The van der Waals surface area contributed by atoms with E-state index in [1.807, 2.05) is 20.8 Å². The van der Waals surface area contributed by atoms with Crippen LogP contribution in [0.25, 0.3) is 0 Å². The van der Waals surface area contributed by atoms with Crippen molar-refractivity contribution in [1.82, 2.24) is 0 Å². The Bertz CT molecular complexity index is 427. The van der Waals surface area contributed by atoms with Crippen LogP contribution in [0.4, 0.5) is 5.69 Å². The van der Waals surface area contributed by atoms with Crippen LogP contribution in [0.5, 0.6) is 0 Å². The molecule has 0 aliphatic rings. The summed E-state index contributed by atoms with van der Waals surface area (Å²) in [6.45, 7) is 5.70. The van der Waals surface area contributed by atoms with Crippen molar-refractivity contribution >= 4 is 34.8 Å². The molecule has 0 fully saturated rings. The van der Waals surface area contributed by atoms with Gasteiger partial charge in [0.2, 0.25) is 5.91 Å². The van der Waals surface area contributed by atoms with Gasteiger partial charge in [0.1, 0.15) is 0 Å². The van der Waals surface area contributed by atoms with Crippen molar-refractivity contribution in [1.29, 1.82) is 0 Å². The molecule has 0 aliphatic heterocycles. The second kappa shape index (κ2) is 5.25. The molecule has 3 N–H and O–H groups in total. The largest absolute Gasteiger partial charge is 0.323 e. The van der Waals surface area contributed by atoms with Gasteiger partial charge in [-0.05, 0) is 17.5 Å². The van der Waals surface area contributed by atoms with Crippen molar-refractivity contribution in [3.63, 3.8) is 0 Å². The molecule has 0 spiro atoms. The van der Waals surface area contributed by atoms with E-state index < -0.39 is 6.04 Å². The number of hydrogen-bond donors (Lipinski definition) is 2. The monoisotopic (exact) mass is 274 g/mol. The molecule has 0 heterocycles. The minimum atomic E-state index is -0.613. The summed E-state index contributed by atoms with van der Waals surface area (Å²) in [5.41, 5.74) is 6.01. The first-order valence-corrected chi connectivity index (χ1v) is 5.99. The molecule has 3 nitrogen and oxygen atoms in total. The molecule has 0 bridgehead atoms. The van der Waals surface area contributed by atoms with E-state index in [9.17, 15) is 4.79 Å². The highest BCUT2D eigenvalue weighted by Crippen LogP contribution is 2.30. The summed E-state index contributed by atoms with van der Waals surface area (Å²) in [6, 6.07) is 4.44. The topological polar surface area (TPSA) is 55.1 Å². The van der Waals surface area contributed by atoms with Gasteiger partial charge in [-0.25, -0.2) is 0 Å². The van der Waals surface area contributed by atoms with Crippen LogP contribution in [0.1, 0.15) is 20.8 Å². The van der Waals surface area contributed by atoms with Crippen molar-refractivity contribution in [3.05, 3.63) is 28.2 Å². The van der Waals surface area contributed by atoms with Crippen LogP contribution in [-0.2, 0) is 4.79 Å². The smallest absolute Gasteiger partial charge is 0.241 e. The Morgan fingerprint density at radius 3 is 2.47 bits per heavy atom. The lowest BCUT2D eigenvalue weighted by Crippen LogP contribution is -2.45. The lowest BCUT2D eigenvalue weighted by Gasteiger charge is -2.26. The Hall–Kier alpha value is -0.770. The molecule has 0 aromatic heterocycles. The summed E-state index contributed by atoms with van der Waals surface area (Å²) in [6.07, 6.45) is 0. The molecule has 0 saturated carbocycles. The molecule has 1 atom stereocenters. The fourth-order valence-corrected chi connectivity index (χ4v) is 1.55. The van der Waals surface area contributed by atoms with E-state index in [0.29, 0.717) is 15.7 Å². The van der Waals surface area contributed by atoms with E-state index in [1.165, 1.54) is 0 Å². The number of hydrogen-bond acceptors (Lipinski definition) is 2. The first-order chi connectivity index (χ1) is 7.73. The van der Waals surface area contributed by atoms with Crippen molar-refractivity contribution < 1.29 is 4.79 Å². The second-order valence-electron chi connectivity index (χ2n) is 4.93. The zero-order chi connectivity index (χ0) is 13.2. The highest BCUT2D eigenvalue weighted by Gasteiger charge is 2.27. The van der Waals surface area contributed by atoms with Gasteiger partial charge < -0.3 is 11.1 Å². The lowest BCUT2D eigenvalue weighted by molar-refractivity contribution is -0.119. The maximum absolute atomic E-state index is 11.9. The molecule has 17 heavy (non-hydrogen) atoms. The van der Waals surface area contributed by atoms with Crippen LogP contribution in [-0.4, -0.2) is 11.9 Å². The van der Waals surface area contributed by atoms with E-state index in [4.69, 9.17) is 28.9 Å². The molecule has 94 valence electrons. The number of benzene rings is 1. The molecule has 1 rings (SSSR count). The number of carbonyl (C=O) groups excluding carboxylic acids is 1. The Labute approximate surface area is 111 Å². The second-order valence-corrected chi connectivity index (χ2v) is 5.72. The van der Waals surface area contributed by atoms with E-state index in [2.05, 4.69) is 5.32 Å². The molecular weight excluding hydrogens is 259 g/mol. The van der Waals surface area contributed by atoms with Crippen molar-refractivity contribution in [3.8, 4) is 0 Å². The van der Waals surface area contributed by atoms with Crippen LogP contribution in [0.15, 0.2) is 18.2 Å². The highest BCUT2D eigenvalue weighted by molar-refractivity contribution is 6.44. The average molecular weight is 275 g/mol. The molecule has 1 aromatic carbocycles. The number of nitrogens with one attached hydrogen (secondary N) is 1. The minimum Gasteiger partial charge on any atom is -0.323 e. The van der Waals surface area contributed by atoms with Crippen molar-refractivity contribution in [2.45, 2.75) is 26.8 Å². The third-order valence-corrected chi connectivity index (χ3v) is 3.24. The molecule has 1 amide bonds. The van der Waals surface area contributed by atoms with Gasteiger partial charge in [-0.3, -0.25) is 4.79 Å². The van der Waals surface area contributed by atoms with Gasteiger partial charge in [0, 0.05) is 0 Å². The highest BCUT2D eigenvalue weighted by atomic mass is 35.5. The van der Waals surface area contributed by atoms with Crippen molar-refractivity contribution in [2.24, 2.45) is 11.1 Å². The van der Waals surface area contributed by atoms with Crippen LogP contribution < -0.4 is 11.1 Å². The standard InChI is InChI=1S/C12H16Cl2N2O/c1-12(2,3)10(15)11(17)16-8-6-4-5-7(13)9(8)14/h4-6,10H,15H2,1-3H3,(H,16,17)/t10-/m1/s1. The van der Waals surface area contributed by atoms with E-state index in [-0.39, 0.29) is 11.3 Å². The van der Waals surface area contributed by atoms with Crippen LogP contribution in [0.3, 0.4) is 0 Å². The zero-order valence-electron chi connectivity index (χ0n) is 10.1. The average Bonchev–Trinajstić information content (AvgIpc) is 2.22. The van der Waals surface area contributed by atoms with Gasteiger partial charge in [0.15, 0.2) is 0 Å².